The Hall–Kier alpha value is -3.66. The van der Waals surface area contributed by atoms with Gasteiger partial charge in [0.1, 0.15) is 23.6 Å². The highest BCUT2D eigenvalue weighted by Crippen LogP contribution is 2.38. The summed E-state index contributed by atoms with van der Waals surface area (Å²) >= 11 is 6.14. The summed E-state index contributed by atoms with van der Waals surface area (Å²) in [6, 6.07) is 7.37. The fourth-order valence-corrected chi connectivity index (χ4v) is 4.04. The molecule has 0 aromatic heterocycles. The molecule has 2 N–H and O–H groups in total. The van der Waals surface area contributed by atoms with E-state index in [1.54, 1.807) is 25.1 Å². The number of nitrogens with zero attached hydrogens (tertiary/aromatic N) is 1. The van der Waals surface area contributed by atoms with E-state index in [1.807, 2.05) is 0 Å². The number of ether oxygens (including phenoxy) is 4. The number of fused-ring (bicyclic) bond motifs is 1. The van der Waals surface area contributed by atoms with Crippen molar-refractivity contribution in [2.45, 2.75) is 18.9 Å². The fourth-order valence-electron chi connectivity index (χ4n) is 3.80. The topological polar surface area (TPSA) is 115 Å². The third kappa shape index (κ3) is 4.28. The van der Waals surface area contributed by atoms with Gasteiger partial charge in [-0.1, -0.05) is 17.7 Å². The molecule has 0 saturated carbocycles. The standard InChI is InChI=1S/C23H24ClN3O7/c1-23(13-5-6-16-19(9-13)34-8-4-7-33-16)21(29)27(22(30)26-23)12-20(28)25-15-10-14(24)17(31-2)11-18(15)32-3/h5-6,9-11H,4,7-8,12H2,1-3H3,(H,25,28)(H,26,30). The maximum absolute atomic E-state index is 13.3. The van der Waals surface area contributed by atoms with Crippen molar-refractivity contribution < 1.29 is 33.3 Å². The largest absolute Gasteiger partial charge is 0.495 e. The fraction of sp³-hybridized carbons (Fsp3) is 0.348. The van der Waals surface area contributed by atoms with E-state index < -0.39 is 29.9 Å². The normalized spacial score (nSPS) is 19.4. The van der Waals surface area contributed by atoms with Crippen LogP contribution in [0.1, 0.15) is 18.9 Å². The number of carbonyl (C=O) groups is 3. The monoisotopic (exact) mass is 489 g/mol. The Morgan fingerprint density at radius 2 is 1.82 bits per heavy atom. The Bertz CT molecular complexity index is 1160. The number of amides is 4. The van der Waals surface area contributed by atoms with Crippen LogP contribution in [0.25, 0.3) is 0 Å². The summed E-state index contributed by atoms with van der Waals surface area (Å²) in [7, 11) is 2.88. The maximum Gasteiger partial charge on any atom is 0.325 e. The van der Waals surface area contributed by atoms with Gasteiger partial charge in [-0.25, -0.2) is 4.79 Å². The molecule has 2 aliphatic heterocycles. The third-order valence-electron chi connectivity index (χ3n) is 5.65. The van der Waals surface area contributed by atoms with Gasteiger partial charge in [0.2, 0.25) is 5.91 Å². The zero-order chi connectivity index (χ0) is 24.5. The van der Waals surface area contributed by atoms with E-state index in [0.717, 1.165) is 11.3 Å². The summed E-state index contributed by atoms with van der Waals surface area (Å²) in [5, 5.41) is 5.57. The number of carbonyl (C=O) groups excluding carboxylic acids is 3. The van der Waals surface area contributed by atoms with E-state index in [9.17, 15) is 14.4 Å². The van der Waals surface area contributed by atoms with E-state index in [1.165, 1.54) is 26.4 Å². The van der Waals surface area contributed by atoms with E-state index in [-0.39, 0.29) is 10.7 Å². The number of urea groups is 1. The van der Waals surface area contributed by atoms with Gasteiger partial charge in [0.05, 0.1) is 38.1 Å². The van der Waals surface area contributed by atoms with Crippen molar-refractivity contribution in [2.75, 3.05) is 39.3 Å². The van der Waals surface area contributed by atoms with Gasteiger partial charge in [-0.3, -0.25) is 14.5 Å². The summed E-state index contributed by atoms with van der Waals surface area (Å²) in [5.74, 6) is 0.580. The van der Waals surface area contributed by atoms with Crippen LogP contribution in [0.5, 0.6) is 23.0 Å². The van der Waals surface area contributed by atoms with Gasteiger partial charge in [0, 0.05) is 12.5 Å². The van der Waals surface area contributed by atoms with Gasteiger partial charge in [-0.2, -0.15) is 0 Å². The first kappa shape index (κ1) is 23.5. The number of anilines is 1. The minimum Gasteiger partial charge on any atom is -0.495 e. The molecule has 2 aromatic rings. The first-order valence-electron chi connectivity index (χ1n) is 10.5. The highest BCUT2D eigenvalue weighted by atomic mass is 35.5. The van der Waals surface area contributed by atoms with Crippen LogP contribution in [-0.4, -0.2) is 56.7 Å². The SMILES string of the molecule is COc1cc(OC)c(NC(=O)CN2C(=O)NC(C)(c3ccc4c(c3)OCCCO4)C2=O)cc1Cl. The number of rotatable bonds is 6. The van der Waals surface area contributed by atoms with Gasteiger partial charge < -0.3 is 29.6 Å². The Kier molecular flexibility index (Phi) is 6.43. The van der Waals surface area contributed by atoms with Crippen molar-refractivity contribution in [2.24, 2.45) is 0 Å². The highest BCUT2D eigenvalue weighted by molar-refractivity contribution is 6.32. The van der Waals surface area contributed by atoms with Crippen LogP contribution in [-0.2, 0) is 15.1 Å². The van der Waals surface area contributed by atoms with Crippen LogP contribution in [0.2, 0.25) is 5.02 Å². The number of hydrogen-bond donors (Lipinski definition) is 2. The van der Waals surface area contributed by atoms with Gasteiger partial charge in [0.25, 0.3) is 5.91 Å². The van der Waals surface area contributed by atoms with Crippen molar-refractivity contribution in [3.8, 4) is 23.0 Å². The van der Waals surface area contributed by atoms with E-state index in [2.05, 4.69) is 10.6 Å². The minimum absolute atomic E-state index is 0.260. The van der Waals surface area contributed by atoms with Gasteiger partial charge in [-0.05, 0) is 30.7 Å². The summed E-state index contributed by atoms with van der Waals surface area (Å²) in [6.45, 7) is 2.10. The van der Waals surface area contributed by atoms with Gasteiger partial charge >= 0.3 is 6.03 Å². The molecule has 180 valence electrons. The molecule has 1 atom stereocenters. The summed E-state index contributed by atoms with van der Waals surface area (Å²) in [5.41, 5.74) is -0.582. The number of imide groups is 1. The van der Waals surface area contributed by atoms with Crippen LogP contribution in [0.3, 0.4) is 0 Å². The van der Waals surface area contributed by atoms with Crippen LogP contribution >= 0.6 is 11.6 Å². The van der Waals surface area contributed by atoms with Crippen molar-refractivity contribution in [3.05, 3.63) is 40.9 Å². The van der Waals surface area contributed by atoms with Crippen LogP contribution in [0, 0.1) is 0 Å². The van der Waals surface area contributed by atoms with Gasteiger partial charge in [0.15, 0.2) is 11.5 Å². The molecule has 0 aliphatic carbocycles. The van der Waals surface area contributed by atoms with Crippen molar-refractivity contribution in [1.29, 1.82) is 0 Å². The molecule has 4 rings (SSSR count). The van der Waals surface area contributed by atoms with Gasteiger partial charge in [-0.15, -0.1) is 0 Å². The minimum atomic E-state index is -1.37. The summed E-state index contributed by atoms with van der Waals surface area (Å²) < 4.78 is 21.7. The third-order valence-corrected chi connectivity index (χ3v) is 5.94. The predicted octanol–water partition coefficient (Wildman–Crippen LogP) is 2.92. The molecule has 1 fully saturated rings. The Morgan fingerprint density at radius 1 is 1.12 bits per heavy atom. The second-order valence-corrected chi connectivity index (χ2v) is 8.30. The van der Waals surface area contributed by atoms with Crippen LogP contribution < -0.4 is 29.6 Å². The zero-order valence-electron chi connectivity index (χ0n) is 18.9. The predicted molar refractivity (Wildman–Crippen MR) is 123 cm³/mol. The average Bonchev–Trinajstić information content (AvgIpc) is 2.97. The quantitative estimate of drug-likeness (QED) is 0.599. The van der Waals surface area contributed by atoms with E-state index in [4.69, 9.17) is 30.5 Å². The molecule has 11 heteroatoms. The second-order valence-electron chi connectivity index (χ2n) is 7.89. The number of hydrogen-bond acceptors (Lipinski definition) is 7. The first-order valence-corrected chi connectivity index (χ1v) is 10.9. The van der Waals surface area contributed by atoms with Crippen LogP contribution in [0.4, 0.5) is 10.5 Å². The Morgan fingerprint density at radius 3 is 2.53 bits per heavy atom. The number of benzene rings is 2. The zero-order valence-corrected chi connectivity index (χ0v) is 19.7. The summed E-state index contributed by atoms with van der Waals surface area (Å²) in [6.07, 6.45) is 0.740. The number of halogens is 1. The number of methoxy groups -OCH3 is 2. The lowest BCUT2D eigenvalue weighted by Crippen LogP contribution is -2.42. The molecule has 0 radical (unpaired) electrons. The van der Waals surface area contributed by atoms with E-state index in [0.29, 0.717) is 41.8 Å². The second kappa shape index (κ2) is 9.30. The smallest absolute Gasteiger partial charge is 0.325 e. The van der Waals surface area contributed by atoms with Crippen molar-refractivity contribution in [3.63, 3.8) is 0 Å². The average molecular weight is 490 g/mol. The van der Waals surface area contributed by atoms with Crippen molar-refractivity contribution >= 4 is 35.1 Å². The van der Waals surface area contributed by atoms with Crippen molar-refractivity contribution in [1.82, 2.24) is 10.2 Å². The lowest BCUT2D eigenvalue weighted by Gasteiger charge is -2.23. The summed E-state index contributed by atoms with van der Waals surface area (Å²) in [4.78, 5) is 39.5. The molecule has 10 nitrogen and oxygen atoms in total. The molecule has 2 aliphatic rings. The molecule has 0 spiro atoms. The molecular weight excluding hydrogens is 466 g/mol. The maximum atomic E-state index is 13.3. The molecule has 2 heterocycles. The molecule has 4 amide bonds. The first-order chi connectivity index (χ1) is 16.3. The van der Waals surface area contributed by atoms with E-state index >= 15 is 0 Å². The molecule has 34 heavy (non-hydrogen) atoms. The van der Waals surface area contributed by atoms with Crippen LogP contribution in [0.15, 0.2) is 30.3 Å². The lowest BCUT2D eigenvalue weighted by molar-refractivity contribution is -0.133. The number of nitrogens with one attached hydrogen (secondary N) is 2. The molecule has 1 saturated heterocycles. The lowest BCUT2D eigenvalue weighted by atomic mass is 9.91. The Balaban J connectivity index is 1.52. The molecule has 1 unspecified atom stereocenters. The Labute approximate surface area is 201 Å². The highest BCUT2D eigenvalue weighted by Gasteiger charge is 2.49. The molecule has 0 bridgehead atoms. The molecular formula is C23H24ClN3O7. The molecule has 2 aromatic carbocycles.